The van der Waals surface area contributed by atoms with Gasteiger partial charge in [0.1, 0.15) is 6.61 Å². The topological polar surface area (TPSA) is 134 Å². The molecule has 0 saturated carbocycles. The molecule has 10 heteroatoms. The van der Waals surface area contributed by atoms with Gasteiger partial charge < -0.3 is 20.1 Å². The highest BCUT2D eigenvalue weighted by atomic mass is 31.2. The van der Waals surface area contributed by atoms with Crippen LogP contribution in [0.4, 0.5) is 0 Å². The van der Waals surface area contributed by atoms with Gasteiger partial charge in [0.25, 0.3) is 0 Å². The number of unbranched alkanes of at least 4 members (excludes halogenated alkanes) is 11. The van der Waals surface area contributed by atoms with Crippen molar-refractivity contribution in [2.24, 2.45) is 5.73 Å². The molecule has 0 aliphatic carbocycles. The molecule has 9 nitrogen and oxygen atoms in total. The maximum Gasteiger partial charge on any atom is 0.472 e. The van der Waals surface area contributed by atoms with Gasteiger partial charge in [-0.2, -0.15) is 0 Å². The summed E-state index contributed by atoms with van der Waals surface area (Å²) in [5, 5.41) is 0. The minimum absolute atomic E-state index is 0.0368. The van der Waals surface area contributed by atoms with E-state index in [-0.39, 0.29) is 32.6 Å². The fourth-order valence-corrected chi connectivity index (χ4v) is 7.55. The molecule has 0 aliphatic heterocycles. The lowest BCUT2D eigenvalue weighted by molar-refractivity contribution is -0.161. The smallest absolute Gasteiger partial charge is 0.462 e. The number of allylic oxidation sites excluding steroid dienone is 26. The largest absolute Gasteiger partial charge is 0.472 e. The fourth-order valence-electron chi connectivity index (χ4n) is 6.79. The van der Waals surface area contributed by atoms with Crippen LogP contribution in [0.5, 0.6) is 0 Å². The van der Waals surface area contributed by atoms with E-state index >= 15 is 0 Å². The summed E-state index contributed by atoms with van der Waals surface area (Å²) in [5.74, 6) is -0.904. The van der Waals surface area contributed by atoms with Crippen molar-refractivity contribution in [3.8, 4) is 0 Å². The number of nitrogens with two attached hydrogens (primary N) is 1. The predicted octanol–water partition coefficient (Wildman–Crippen LogP) is 17.7. The Hall–Kier alpha value is -4.37. The highest BCUT2D eigenvalue weighted by molar-refractivity contribution is 7.47. The van der Waals surface area contributed by atoms with Crippen molar-refractivity contribution in [1.82, 2.24) is 0 Å². The molecule has 0 saturated heterocycles. The Morgan fingerprint density at radius 2 is 0.753 bits per heavy atom. The Kier molecular flexibility index (Phi) is 53.5. The van der Waals surface area contributed by atoms with E-state index in [9.17, 15) is 19.0 Å². The number of phosphoric ester groups is 1. The molecule has 0 aromatic rings. The molecular weight excluding hydrogens is 930 g/mol. The van der Waals surface area contributed by atoms with E-state index in [1.165, 1.54) is 32.1 Å². The normalized spacial score (nSPS) is 14.3. The molecule has 0 rings (SSSR count). The van der Waals surface area contributed by atoms with Gasteiger partial charge in [0, 0.05) is 19.4 Å². The van der Waals surface area contributed by atoms with Crippen molar-refractivity contribution in [1.29, 1.82) is 0 Å². The number of esters is 2. The van der Waals surface area contributed by atoms with E-state index < -0.39 is 32.5 Å². The van der Waals surface area contributed by atoms with Crippen LogP contribution in [0, 0.1) is 0 Å². The van der Waals surface area contributed by atoms with Crippen molar-refractivity contribution in [3.05, 3.63) is 158 Å². The van der Waals surface area contributed by atoms with Gasteiger partial charge in [-0.25, -0.2) is 4.57 Å². The molecule has 0 spiro atoms. The molecule has 0 heterocycles. The quantitative estimate of drug-likeness (QED) is 0.0264. The van der Waals surface area contributed by atoms with Crippen molar-refractivity contribution in [2.75, 3.05) is 26.4 Å². The van der Waals surface area contributed by atoms with Gasteiger partial charge >= 0.3 is 19.8 Å². The zero-order valence-electron chi connectivity index (χ0n) is 45.5. The molecule has 410 valence electrons. The molecule has 0 bridgehead atoms. The maximum absolute atomic E-state index is 12.6. The summed E-state index contributed by atoms with van der Waals surface area (Å²) in [6.45, 7) is 3.51. The monoisotopic (exact) mass is 1030 g/mol. The molecule has 73 heavy (non-hydrogen) atoms. The third-order valence-electron chi connectivity index (χ3n) is 10.9. The average molecular weight is 1030 g/mol. The number of hydrogen-bond acceptors (Lipinski definition) is 8. The highest BCUT2D eigenvalue weighted by Crippen LogP contribution is 2.43. The minimum atomic E-state index is -4.41. The summed E-state index contributed by atoms with van der Waals surface area (Å²) in [7, 11) is -4.41. The number of phosphoric acid groups is 1. The first-order chi connectivity index (χ1) is 35.8. The molecule has 0 amide bonds. The second kappa shape index (κ2) is 56.9. The van der Waals surface area contributed by atoms with Crippen LogP contribution >= 0.6 is 7.82 Å². The zero-order valence-corrected chi connectivity index (χ0v) is 46.4. The Morgan fingerprint density at radius 1 is 0.425 bits per heavy atom. The molecule has 3 N–H and O–H groups in total. The molecule has 0 aromatic heterocycles. The zero-order chi connectivity index (χ0) is 53.1. The Balaban J connectivity index is 4.11. The van der Waals surface area contributed by atoms with Crippen molar-refractivity contribution in [2.45, 2.75) is 200 Å². The lowest BCUT2D eigenvalue weighted by Crippen LogP contribution is -2.29. The van der Waals surface area contributed by atoms with Crippen LogP contribution in [-0.4, -0.2) is 49.3 Å². The maximum atomic E-state index is 12.6. The van der Waals surface area contributed by atoms with Gasteiger partial charge in [-0.3, -0.25) is 18.6 Å². The Morgan fingerprint density at radius 3 is 1.16 bits per heavy atom. The van der Waals surface area contributed by atoms with E-state index in [4.69, 9.17) is 24.3 Å². The molecule has 2 unspecified atom stereocenters. The fraction of sp³-hybridized carbons (Fsp3) is 0.556. The van der Waals surface area contributed by atoms with Gasteiger partial charge in [-0.05, 0) is 128 Å². The standard InChI is InChI=1S/C63H100NO8P/c1-3-5-7-9-11-13-15-17-18-19-20-21-22-23-24-25-26-27-28-29-30-31-32-33-34-35-36-37-38-39-40-41-42-44-46-48-50-52-54-56-63(66)72-61(60-71-73(67,68)70-58-57-64)59-69-62(65)55-53-51-49-47-45-43-16-14-12-10-8-6-4-2/h5,7,11,13-14,16-18,20-21,23-24,26-27,29-30,32-33,35-36,38-39,41-42,46,48,61H,3-4,6,8-10,12,15,19,22,25,28,31,34,37,40,43-45,47,49-60,64H2,1-2H3,(H,67,68)/b7-5-,13-11-,16-14-,18-17-,21-20-,24-23-,27-26-,30-29-,33-32-,36-35-,39-38-,42-41-,48-46-. The number of hydrogen-bond donors (Lipinski definition) is 2. The molecule has 0 radical (unpaired) electrons. The van der Waals surface area contributed by atoms with Crippen LogP contribution in [-0.2, 0) is 32.7 Å². The third-order valence-corrected chi connectivity index (χ3v) is 11.9. The summed E-state index contributed by atoms with van der Waals surface area (Å²) in [4.78, 5) is 35.0. The van der Waals surface area contributed by atoms with Crippen LogP contribution in [0.25, 0.3) is 0 Å². The van der Waals surface area contributed by atoms with Crippen molar-refractivity contribution in [3.63, 3.8) is 0 Å². The van der Waals surface area contributed by atoms with Gasteiger partial charge in [-0.15, -0.1) is 0 Å². The van der Waals surface area contributed by atoms with Crippen molar-refractivity contribution >= 4 is 19.8 Å². The van der Waals surface area contributed by atoms with E-state index in [0.29, 0.717) is 12.8 Å². The summed E-state index contributed by atoms with van der Waals surface area (Å²) < 4.78 is 32.8. The first-order valence-electron chi connectivity index (χ1n) is 28.0. The summed E-state index contributed by atoms with van der Waals surface area (Å²) >= 11 is 0. The van der Waals surface area contributed by atoms with Gasteiger partial charge in [0.15, 0.2) is 6.10 Å². The summed E-state index contributed by atoms with van der Waals surface area (Å²) in [6.07, 6.45) is 83.1. The second-order valence-corrected chi connectivity index (χ2v) is 19.2. The summed E-state index contributed by atoms with van der Waals surface area (Å²) in [5.41, 5.74) is 5.36. The Labute approximate surface area is 445 Å². The SMILES string of the molecule is CC/C=C\C/C=C\C/C=C\C/C=C\C/C=C\C/C=C\C/C=C\C/C=C\C/C=C\C/C=C\C/C=C\C/C=C\CCCCC(=O)OC(COC(=O)CCCCCCC/C=C\CCCCCC)COP(=O)(O)OCCN. The van der Waals surface area contributed by atoms with Crippen LogP contribution in [0.15, 0.2) is 158 Å². The van der Waals surface area contributed by atoms with Gasteiger partial charge in [-0.1, -0.05) is 210 Å². The van der Waals surface area contributed by atoms with E-state index in [0.717, 1.165) is 122 Å². The summed E-state index contributed by atoms with van der Waals surface area (Å²) in [6, 6.07) is 0. The van der Waals surface area contributed by atoms with Crippen LogP contribution in [0.2, 0.25) is 0 Å². The third kappa shape index (κ3) is 56.8. The van der Waals surface area contributed by atoms with Crippen LogP contribution in [0.1, 0.15) is 194 Å². The number of carbonyl (C=O) groups is 2. The van der Waals surface area contributed by atoms with Gasteiger partial charge in [0.05, 0.1) is 13.2 Å². The van der Waals surface area contributed by atoms with E-state index in [1.807, 2.05) is 0 Å². The molecule has 0 fully saturated rings. The minimum Gasteiger partial charge on any atom is -0.462 e. The first-order valence-corrected chi connectivity index (χ1v) is 29.5. The lowest BCUT2D eigenvalue weighted by Gasteiger charge is -2.19. The predicted molar refractivity (Wildman–Crippen MR) is 311 cm³/mol. The lowest BCUT2D eigenvalue weighted by atomic mass is 10.1. The molecule has 0 aromatic carbocycles. The van der Waals surface area contributed by atoms with Crippen LogP contribution < -0.4 is 5.73 Å². The van der Waals surface area contributed by atoms with Gasteiger partial charge in [0.2, 0.25) is 0 Å². The van der Waals surface area contributed by atoms with E-state index in [2.05, 4.69) is 172 Å². The molecule has 2 atom stereocenters. The molecule has 0 aliphatic rings. The average Bonchev–Trinajstić information content (AvgIpc) is 3.38. The van der Waals surface area contributed by atoms with E-state index in [1.54, 1.807) is 0 Å². The van der Waals surface area contributed by atoms with Crippen molar-refractivity contribution < 1.29 is 37.6 Å². The van der Waals surface area contributed by atoms with Crippen LogP contribution in [0.3, 0.4) is 0 Å². The number of carbonyl (C=O) groups excluding carboxylic acids is 2. The highest BCUT2D eigenvalue weighted by Gasteiger charge is 2.26. The Bertz CT molecular complexity index is 1740. The first kappa shape index (κ1) is 68.6. The molecular formula is C63H100NO8P. The number of ether oxygens (including phenoxy) is 2. The second-order valence-electron chi connectivity index (χ2n) is 17.7. The number of rotatable bonds is 50.